The maximum absolute atomic E-state index is 14.2. The summed E-state index contributed by atoms with van der Waals surface area (Å²) in [4.78, 5) is 0. The summed E-state index contributed by atoms with van der Waals surface area (Å²) in [6, 6.07) is 10.5. The molecule has 112 valence electrons. The van der Waals surface area contributed by atoms with Gasteiger partial charge in [0.15, 0.2) is 0 Å². The number of benzene rings is 2. The molecule has 0 saturated heterocycles. The summed E-state index contributed by atoms with van der Waals surface area (Å²) in [6.07, 6.45) is 0. The van der Waals surface area contributed by atoms with Crippen molar-refractivity contribution in [1.29, 1.82) is 0 Å². The van der Waals surface area contributed by atoms with Crippen molar-refractivity contribution < 1.29 is 9.13 Å². The van der Waals surface area contributed by atoms with E-state index in [-0.39, 0.29) is 11.9 Å². The molecule has 0 aliphatic rings. The van der Waals surface area contributed by atoms with Crippen LogP contribution in [0.2, 0.25) is 5.02 Å². The molecule has 21 heavy (non-hydrogen) atoms. The zero-order chi connectivity index (χ0) is 15.4. The molecule has 0 heterocycles. The van der Waals surface area contributed by atoms with E-state index in [1.165, 1.54) is 0 Å². The van der Waals surface area contributed by atoms with Gasteiger partial charge in [-0.05, 0) is 56.3 Å². The van der Waals surface area contributed by atoms with Crippen LogP contribution < -0.4 is 10.1 Å². The first kappa shape index (κ1) is 15.8. The maximum Gasteiger partial charge on any atom is 0.128 e. The van der Waals surface area contributed by atoms with E-state index < -0.39 is 0 Å². The van der Waals surface area contributed by atoms with Crippen molar-refractivity contribution in [3.8, 4) is 5.75 Å². The van der Waals surface area contributed by atoms with Gasteiger partial charge in [0.1, 0.15) is 18.2 Å². The molecule has 2 nitrogen and oxygen atoms in total. The van der Waals surface area contributed by atoms with E-state index in [0.717, 1.165) is 11.1 Å². The molecule has 1 unspecified atom stereocenters. The van der Waals surface area contributed by atoms with Crippen LogP contribution in [-0.4, -0.2) is 13.7 Å². The van der Waals surface area contributed by atoms with Crippen LogP contribution in [0.4, 0.5) is 4.39 Å². The fraction of sp³-hybridized carbons (Fsp3) is 0.294. The van der Waals surface area contributed by atoms with Crippen molar-refractivity contribution >= 4 is 11.6 Å². The third-order valence-corrected chi connectivity index (χ3v) is 3.63. The zero-order valence-corrected chi connectivity index (χ0v) is 13.2. The molecular weight excluding hydrogens is 289 g/mol. The predicted octanol–water partition coefficient (Wildman–Crippen LogP) is 4.44. The molecule has 1 N–H and O–H groups in total. The van der Waals surface area contributed by atoms with Crippen LogP contribution in [0.25, 0.3) is 0 Å². The van der Waals surface area contributed by atoms with Crippen LogP contribution >= 0.6 is 11.6 Å². The molecule has 0 spiro atoms. The zero-order valence-electron chi connectivity index (χ0n) is 12.4. The van der Waals surface area contributed by atoms with Gasteiger partial charge in [-0.2, -0.15) is 0 Å². The molecule has 2 aromatic rings. The van der Waals surface area contributed by atoms with E-state index in [1.807, 2.05) is 32.0 Å². The molecule has 0 radical (unpaired) electrons. The van der Waals surface area contributed by atoms with Gasteiger partial charge >= 0.3 is 0 Å². The largest absolute Gasteiger partial charge is 0.492 e. The number of halogens is 2. The van der Waals surface area contributed by atoms with E-state index in [9.17, 15) is 4.39 Å². The molecule has 0 bridgehead atoms. The van der Waals surface area contributed by atoms with Gasteiger partial charge in [0.2, 0.25) is 0 Å². The maximum atomic E-state index is 14.2. The summed E-state index contributed by atoms with van der Waals surface area (Å²) >= 11 is 5.92. The van der Waals surface area contributed by atoms with Gasteiger partial charge in [-0.25, -0.2) is 4.39 Å². The van der Waals surface area contributed by atoms with Crippen LogP contribution in [0, 0.1) is 19.7 Å². The third kappa shape index (κ3) is 3.96. The Morgan fingerprint density at radius 2 is 2.00 bits per heavy atom. The number of nitrogens with one attached hydrogen (secondary N) is 1. The van der Waals surface area contributed by atoms with E-state index in [4.69, 9.17) is 16.3 Å². The average molecular weight is 308 g/mol. The van der Waals surface area contributed by atoms with Crippen LogP contribution in [0.3, 0.4) is 0 Å². The number of hydrogen-bond acceptors (Lipinski definition) is 2. The van der Waals surface area contributed by atoms with Gasteiger partial charge in [0, 0.05) is 10.6 Å². The Morgan fingerprint density at radius 3 is 2.62 bits per heavy atom. The highest BCUT2D eigenvalue weighted by Crippen LogP contribution is 2.24. The Hall–Kier alpha value is -1.58. The molecule has 0 aliphatic carbocycles. The van der Waals surface area contributed by atoms with Crippen molar-refractivity contribution in [3.63, 3.8) is 0 Å². The lowest BCUT2D eigenvalue weighted by atomic mass is 9.99. The van der Waals surface area contributed by atoms with E-state index in [1.54, 1.807) is 25.2 Å². The topological polar surface area (TPSA) is 21.3 Å². The Kier molecular flexibility index (Phi) is 5.21. The summed E-state index contributed by atoms with van der Waals surface area (Å²) in [5, 5.41) is 3.72. The summed E-state index contributed by atoms with van der Waals surface area (Å²) < 4.78 is 19.9. The van der Waals surface area contributed by atoms with Crippen molar-refractivity contribution in [3.05, 3.63) is 63.9 Å². The summed E-state index contributed by atoms with van der Waals surface area (Å²) in [5.41, 5.74) is 2.48. The van der Waals surface area contributed by atoms with Gasteiger partial charge in [-0.1, -0.05) is 23.7 Å². The second-order valence-corrected chi connectivity index (χ2v) is 5.52. The quantitative estimate of drug-likeness (QED) is 0.882. The molecule has 1 atom stereocenters. The molecule has 0 aliphatic heterocycles. The molecule has 2 aromatic carbocycles. The van der Waals surface area contributed by atoms with E-state index in [0.29, 0.717) is 22.9 Å². The summed E-state index contributed by atoms with van der Waals surface area (Å²) in [5.74, 6) is 0.467. The minimum atomic E-state index is -0.218. The molecule has 0 saturated carbocycles. The molecule has 4 heteroatoms. The van der Waals surface area contributed by atoms with Crippen LogP contribution in [0.15, 0.2) is 36.4 Å². The molecule has 0 amide bonds. The first-order chi connectivity index (χ1) is 10.0. The minimum Gasteiger partial charge on any atom is -0.492 e. The Bertz CT molecular complexity index is 607. The molecular formula is C17H19ClFNO. The SMILES string of the molecule is CNC(COc1cccc(Cl)c1)c1c(C)cc(C)cc1F. The Morgan fingerprint density at radius 1 is 1.24 bits per heavy atom. The Labute approximate surface area is 129 Å². The Balaban J connectivity index is 2.17. The number of likely N-dealkylation sites (N-methyl/N-ethyl adjacent to an activating group) is 1. The van der Waals surface area contributed by atoms with Crippen LogP contribution in [0.5, 0.6) is 5.75 Å². The van der Waals surface area contributed by atoms with Gasteiger partial charge < -0.3 is 10.1 Å². The second kappa shape index (κ2) is 6.92. The first-order valence-corrected chi connectivity index (χ1v) is 7.21. The van der Waals surface area contributed by atoms with E-state index in [2.05, 4.69) is 5.32 Å². The number of aryl methyl sites for hydroxylation is 2. The summed E-state index contributed by atoms with van der Waals surface area (Å²) in [7, 11) is 1.80. The van der Waals surface area contributed by atoms with Gasteiger partial charge in [0.05, 0.1) is 6.04 Å². The predicted molar refractivity (Wildman–Crippen MR) is 84.6 cm³/mol. The van der Waals surface area contributed by atoms with Crippen molar-refractivity contribution in [1.82, 2.24) is 5.32 Å². The standard InChI is InChI=1S/C17H19ClFNO/c1-11-7-12(2)17(15(19)8-11)16(20-3)10-21-14-6-4-5-13(18)9-14/h4-9,16,20H,10H2,1-3H3. The molecule has 0 fully saturated rings. The van der Waals surface area contributed by atoms with Gasteiger partial charge in [-0.15, -0.1) is 0 Å². The third-order valence-electron chi connectivity index (χ3n) is 3.39. The molecule has 0 aromatic heterocycles. The first-order valence-electron chi connectivity index (χ1n) is 6.83. The smallest absolute Gasteiger partial charge is 0.128 e. The normalized spacial score (nSPS) is 12.2. The fourth-order valence-corrected chi connectivity index (χ4v) is 2.60. The van der Waals surface area contributed by atoms with Crippen LogP contribution in [0.1, 0.15) is 22.7 Å². The lowest BCUT2D eigenvalue weighted by Gasteiger charge is -2.20. The van der Waals surface area contributed by atoms with Crippen molar-refractivity contribution in [2.45, 2.75) is 19.9 Å². The van der Waals surface area contributed by atoms with E-state index >= 15 is 0 Å². The average Bonchev–Trinajstić information content (AvgIpc) is 2.41. The number of ether oxygens (including phenoxy) is 1. The second-order valence-electron chi connectivity index (χ2n) is 5.09. The van der Waals surface area contributed by atoms with Crippen LogP contribution in [-0.2, 0) is 0 Å². The van der Waals surface area contributed by atoms with Gasteiger partial charge in [-0.3, -0.25) is 0 Å². The highest BCUT2D eigenvalue weighted by Gasteiger charge is 2.18. The minimum absolute atomic E-state index is 0.207. The lowest BCUT2D eigenvalue weighted by Crippen LogP contribution is -2.25. The monoisotopic (exact) mass is 307 g/mol. The fourth-order valence-electron chi connectivity index (χ4n) is 2.42. The number of hydrogen-bond donors (Lipinski definition) is 1. The van der Waals surface area contributed by atoms with Gasteiger partial charge in [0.25, 0.3) is 0 Å². The summed E-state index contributed by atoms with van der Waals surface area (Å²) in [6.45, 7) is 4.13. The molecule has 2 rings (SSSR count). The van der Waals surface area contributed by atoms with Crippen molar-refractivity contribution in [2.75, 3.05) is 13.7 Å². The highest BCUT2D eigenvalue weighted by molar-refractivity contribution is 6.30. The highest BCUT2D eigenvalue weighted by atomic mass is 35.5. The lowest BCUT2D eigenvalue weighted by molar-refractivity contribution is 0.269. The van der Waals surface area contributed by atoms with Crippen molar-refractivity contribution in [2.24, 2.45) is 0 Å². The number of rotatable bonds is 5.